The second kappa shape index (κ2) is 6.24. The molecule has 3 N–H and O–H groups in total. The molecule has 0 aliphatic heterocycles. The molecule has 7 heteroatoms. The fourth-order valence-corrected chi connectivity index (χ4v) is 4.28. The van der Waals surface area contributed by atoms with E-state index in [1.54, 1.807) is 26.0 Å². The van der Waals surface area contributed by atoms with E-state index in [4.69, 9.17) is 5.73 Å². The Bertz CT molecular complexity index is 914. The van der Waals surface area contributed by atoms with Gasteiger partial charge in [-0.1, -0.05) is 17.7 Å². The molecule has 0 bridgehead atoms. The number of anilines is 1. The molecule has 2 rings (SSSR count). The lowest BCUT2D eigenvalue weighted by Gasteiger charge is -2.16. The first-order valence-corrected chi connectivity index (χ1v) is 8.72. The molecule has 24 heavy (non-hydrogen) atoms. The maximum Gasteiger partial charge on any atom is 0.262 e. The van der Waals surface area contributed by atoms with Gasteiger partial charge in [0.2, 0.25) is 5.91 Å². The van der Waals surface area contributed by atoms with Crippen LogP contribution < -0.4 is 10.5 Å². The molecule has 128 valence electrons. The largest absolute Gasteiger partial charge is 0.366 e. The number of rotatable bonds is 4. The lowest BCUT2D eigenvalue weighted by molar-refractivity contribution is 0.1000. The Labute approximate surface area is 140 Å². The Morgan fingerprint density at radius 3 is 2.08 bits per heavy atom. The summed E-state index contributed by atoms with van der Waals surface area (Å²) in [4.78, 5) is 11.4. The second-order valence-electron chi connectivity index (χ2n) is 5.83. The van der Waals surface area contributed by atoms with Crippen LogP contribution in [0.1, 0.15) is 32.6 Å². The number of nitrogens with two attached hydrogens (primary N) is 1. The molecular formula is C17H19FN2O3S. The molecular weight excluding hydrogens is 331 g/mol. The normalized spacial score (nSPS) is 11.4. The van der Waals surface area contributed by atoms with Gasteiger partial charge in [0.1, 0.15) is 5.82 Å². The number of carbonyl (C=O) groups is 1. The zero-order valence-corrected chi connectivity index (χ0v) is 14.7. The van der Waals surface area contributed by atoms with Crippen molar-refractivity contribution in [1.82, 2.24) is 0 Å². The summed E-state index contributed by atoms with van der Waals surface area (Å²) in [6.07, 6.45) is 0. The zero-order chi connectivity index (χ0) is 18.2. The minimum Gasteiger partial charge on any atom is -0.366 e. The predicted octanol–water partition coefficient (Wildman–Crippen LogP) is 2.96. The van der Waals surface area contributed by atoms with E-state index < -0.39 is 21.7 Å². The molecule has 0 atom stereocenters. The summed E-state index contributed by atoms with van der Waals surface area (Å²) < 4.78 is 41.8. The van der Waals surface area contributed by atoms with Crippen LogP contribution >= 0.6 is 0 Å². The number of amides is 1. The van der Waals surface area contributed by atoms with Crippen LogP contribution in [-0.4, -0.2) is 14.3 Å². The average Bonchev–Trinajstić information content (AvgIpc) is 2.41. The molecule has 0 saturated heterocycles. The topological polar surface area (TPSA) is 89.3 Å². The third kappa shape index (κ3) is 3.41. The number of primary amides is 1. The van der Waals surface area contributed by atoms with E-state index in [9.17, 15) is 17.6 Å². The van der Waals surface area contributed by atoms with Crippen LogP contribution in [0.3, 0.4) is 0 Å². The highest BCUT2D eigenvalue weighted by Gasteiger charge is 2.22. The summed E-state index contributed by atoms with van der Waals surface area (Å²) in [5.41, 5.74) is 7.25. The van der Waals surface area contributed by atoms with Crippen molar-refractivity contribution in [3.8, 4) is 0 Å². The van der Waals surface area contributed by atoms with E-state index in [1.165, 1.54) is 13.0 Å². The first-order valence-electron chi connectivity index (χ1n) is 7.23. The van der Waals surface area contributed by atoms with Crippen LogP contribution in [0.15, 0.2) is 29.2 Å². The number of nitrogens with one attached hydrogen (secondary N) is 1. The molecule has 0 radical (unpaired) electrons. The van der Waals surface area contributed by atoms with Gasteiger partial charge in [-0.05, 0) is 51.0 Å². The van der Waals surface area contributed by atoms with Crippen molar-refractivity contribution in [2.75, 3.05) is 4.72 Å². The third-order valence-corrected chi connectivity index (χ3v) is 5.42. The van der Waals surface area contributed by atoms with Crippen LogP contribution in [0, 0.1) is 33.5 Å². The highest BCUT2D eigenvalue weighted by molar-refractivity contribution is 7.92. The quantitative estimate of drug-likeness (QED) is 0.888. The molecule has 0 aliphatic carbocycles. The van der Waals surface area contributed by atoms with Crippen molar-refractivity contribution in [2.45, 2.75) is 32.6 Å². The van der Waals surface area contributed by atoms with Gasteiger partial charge in [-0.15, -0.1) is 0 Å². The minimum absolute atomic E-state index is 0.0109. The number of sulfonamides is 1. The van der Waals surface area contributed by atoms with Gasteiger partial charge in [0.15, 0.2) is 0 Å². The molecule has 0 spiro atoms. The van der Waals surface area contributed by atoms with E-state index in [1.807, 2.05) is 6.92 Å². The van der Waals surface area contributed by atoms with Crippen molar-refractivity contribution < 1.29 is 17.6 Å². The molecule has 5 nitrogen and oxygen atoms in total. The average molecular weight is 350 g/mol. The summed E-state index contributed by atoms with van der Waals surface area (Å²) in [5, 5.41) is 0. The van der Waals surface area contributed by atoms with Gasteiger partial charge >= 0.3 is 0 Å². The fourth-order valence-electron chi connectivity index (χ4n) is 2.71. The SMILES string of the molecule is Cc1cc(C)c(S(=O)(=O)Nc2cc(C(N)=O)cc(F)c2C)c(C)c1. The third-order valence-electron chi connectivity index (χ3n) is 3.75. The Morgan fingerprint density at radius 2 is 1.58 bits per heavy atom. The van der Waals surface area contributed by atoms with Crippen molar-refractivity contribution in [1.29, 1.82) is 0 Å². The van der Waals surface area contributed by atoms with Gasteiger partial charge < -0.3 is 5.73 Å². The molecule has 2 aromatic rings. The monoisotopic (exact) mass is 350 g/mol. The number of halogens is 1. The standard InChI is InChI=1S/C17H19FN2O3S/c1-9-5-10(2)16(11(3)6-9)24(22,23)20-15-8-13(17(19)21)7-14(18)12(15)4/h5-8,20H,1-4H3,(H2,19,21). The Hall–Kier alpha value is -2.41. The summed E-state index contributed by atoms with van der Waals surface area (Å²) in [5.74, 6) is -1.54. The van der Waals surface area contributed by atoms with Crippen LogP contribution in [0.25, 0.3) is 0 Å². The summed E-state index contributed by atoms with van der Waals surface area (Å²) in [7, 11) is -3.94. The van der Waals surface area contributed by atoms with Crippen molar-refractivity contribution >= 4 is 21.6 Å². The predicted molar refractivity (Wildman–Crippen MR) is 91.1 cm³/mol. The Morgan fingerprint density at radius 1 is 1.04 bits per heavy atom. The van der Waals surface area contributed by atoms with Gasteiger partial charge in [-0.2, -0.15) is 0 Å². The summed E-state index contributed by atoms with van der Waals surface area (Å²) in [6, 6.07) is 5.73. The number of benzene rings is 2. The highest BCUT2D eigenvalue weighted by Crippen LogP contribution is 2.27. The molecule has 0 heterocycles. The van der Waals surface area contributed by atoms with E-state index in [2.05, 4.69) is 4.72 Å². The number of aryl methyl sites for hydroxylation is 3. The molecule has 0 unspecified atom stereocenters. The smallest absolute Gasteiger partial charge is 0.262 e. The van der Waals surface area contributed by atoms with Crippen molar-refractivity contribution in [2.24, 2.45) is 5.73 Å². The first-order chi connectivity index (χ1) is 11.0. The maximum absolute atomic E-state index is 13.9. The molecule has 2 aromatic carbocycles. The maximum atomic E-state index is 13.9. The highest BCUT2D eigenvalue weighted by atomic mass is 32.2. The van der Waals surface area contributed by atoms with Crippen LogP contribution in [0.4, 0.5) is 10.1 Å². The molecule has 0 aromatic heterocycles. The van der Waals surface area contributed by atoms with Gasteiger partial charge in [0, 0.05) is 11.1 Å². The number of hydrogen-bond donors (Lipinski definition) is 2. The fraction of sp³-hybridized carbons (Fsp3) is 0.235. The molecule has 0 saturated carbocycles. The molecule has 0 fully saturated rings. The lowest BCUT2D eigenvalue weighted by Crippen LogP contribution is -2.18. The van der Waals surface area contributed by atoms with E-state index in [0.29, 0.717) is 11.1 Å². The van der Waals surface area contributed by atoms with E-state index in [-0.39, 0.29) is 21.7 Å². The Balaban J connectivity index is 2.57. The van der Waals surface area contributed by atoms with Gasteiger partial charge in [-0.3, -0.25) is 9.52 Å². The molecule has 0 aliphatic rings. The second-order valence-corrected chi connectivity index (χ2v) is 7.45. The van der Waals surface area contributed by atoms with Gasteiger partial charge in [0.05, 0.1) is 10.6 Å². The van der Waals surface area contributed by atoms with Crippen LogP contribution in [0.2, 0.25) is 0 Å². The van der Waals surface area contributed by atoms with Crippen LogP contribution in [0.5, 0.6) is 0 Å². The van der Waals surface area contributed by atoms with Gasteiger partial charge in [-0.25, -0.2) is 12.8 Å². The summed E-state index contributed by atoms with van der Waals surface area (Å²) in [6.45, 7) is 6.69. The van der Waals surface area contributed by atoms with E-state index >= 15 is 0 Å². The van der Waals surface area contributed by atoms with Crippen molar-refractivity contribution in [3.05, 3.63) is 57.9 Å². The number of hydrogen-bond acceptors (Lipinski definition) is 3. The molecule has 1 amide bonds. The van der Waals surface area contributed by atoms with Crippen LogP contribution in [-0.2, 0) is 10.0 Å². The minimum atomic E-state index is -3.94. The Kier molecular flexibility index (Phi) is 4.66. The van der Waals surface area contributed by atoms with E-state index in [0.717, 1.165) is 11.6 Å². The lowest BCUT2D eigenvalue weighted by atomic mass is 10.1. The summed E-state index contributed by atoms with van der Waals surface area (Å²) >= 11 is 0. The number of carbonyl (C=O) groups excluding carboxylic acids is 1. The first kappa shape index (κ1) is 17.9. The van der Waals surface area contributed by atoms with Gasteiger partial charge in [0.25, 0.3) is 10.0 Å². The zero-order valence-electron chi connectivity index (χ0n) is 13.9. The van der Waals surface area contributed by atoms with Crippen molar-refractivity contribution in [3.63, 3.8) is 0 Å².